The highest BCUT2D eigenvalue weighted by Gasteiger charge is 2.45. The lowest BCUT2D eigenvalue weighted by atomic mass is 9.95. The van der Waals surface area contributed by atoms with E-state index in [-0.39, 0.29) is 23.9 Å². The van der Waals surface area contributed by atoms with Gasteiger partial charge < -0.3 is 14.9 Å². The Morgan fingerprint density at radius 3 is 2.23 bits per heavy atom. The largest absolute Gasteiger partial charge is 0.490 e. The van der Waals surface area contributed by atoms with Gasteiger partial charge >= 0.3 is 12.1 Å². The van der Waals surface area contributed by atoms with Gasteiger partial charge in [0.25, 0.3) is 5.91 Å². The lowest BCUT2D eigenvalue weighted by molar-refractivity contribution is -0.192. The summed E-state index contributed by atoms with van der Waals surface area (Å²) in [4.78, 5) is 42.1. The zero-order chi connectivity index (χ0) is 22.6. The van der Waals surface area contributed by atoms with Crippen LogP contribution in [0.4, 0.5) is 18.9 Å². The molecule has 164 valence electrons. The fourth-order valence-electron chi connectivity index (χ4n) is 3.88. The molecule has 3 heterocycles. The third kappa shape index (κ3) is 5.01. The summed E-state index contributed by atoms with van der Waals surface area (Å²) in [6, 6.07) is 15.3. The Bertz CT molecular complexity index is 938. The minimum Gasteiger partial charge on any atom is -0.475 e. The number of alkyl halides is 3. The van der Waals surface area contributed by atoms with Crippen molar-refractivity contribution in [1.82, 2.24) is 9.88 Å². The normalized spacial score (nSPS) is 20.5. The van der Waals surface area contributed by atoms with E-state index in [9.17, 15) is 22.8 Å². The van der Waals surface area contributed by atoms with Crippen LogP contribution >= 0.6 is 0 Å². The number of likely N-dealkylation sites (tertiary alicyclic amines) is 1. The van der Waals surface area contributed by atoms with Crippen molar-refractivity contribution in [2.45, 2.75) is 37.5 Å². The molecule has 10 heteroatoms. The molecule has 1 N–H and O–H groups in total. The number of rotatable bonds is 2. The van der Waals surface area contributed by atoms with Crippen molar-refractivity contribution in [3.63, 3.8) is 0 Å². The molecule has 2 aliphatic rings. The number of aliphatic carboxylic acids is 1. The average molecular weight is 435 g/mol. The summed E-state index contributed by atoms with van der Waals surface area (Å²) in [5, 5.41) is 7.12. The van der Waals surface area contributed by atoms with Gasteiger partial charge in [0.2, 0.25) is 5.91 Å². The number of hydrogen-bond donors (Lipinski definition) is 1. The van der Waals surface area contributed by atoms with Crippen molar-refractivity contribution in [2.75, 3.05) is 11.4 Å². The van der Waals surface area contributed by atoms with E-state index in [0.29, 0.717) is 18.7 Å². The van der Waals surface area contributed by atoms with Crippen LogP contribution in [0.3, 0.4) is 0 Å². The van der Waals surface area contributed by atoms with Gasteiger partial charge in [-0.2, -0.15) is 13.2 Å². The van der Waals surface area contributed by atoms with Gasteiger partial charge in [0.05, 0.1) is 12.1 Å². The van der Waals surface area contributed by atoms with E-state index in [1.54, 1.807) is 18.3 Å². The Morgan fingerprint density at radius 2 is 1.65 bits per heavy atom. The lowest BCUT2D eigenvalue weighted by Crippen LogP contribution is -2.53. The number of anilines is 1. The number of carboxylic acids is 1. The third-order valence-electron chi connectivity index (χ3n) is 5.19. The Hall–Kier alpha value is -3.43. The molecule has 7 nitrogen and oxygen atoms in total. The molecule has 4 rings (SSSR count). The molecule has 1 aromatic heterocycles. The standard InChI is InChI=1S/C19H19N3O2.C2HF3O2/c23-18-10-9-16-17(22(18)14-6-2-1-3-7-14)11-13-21(16)19(24)15-8-4-5-12-20-15;3-2(4,5)1(6)7/h1-8,12,16-17H,9-11,13H2;(H,6,7)/t16-,17-;/m0./s1. The van der Waals surface area contributed by atoms with Crippen molar-refractivity contribution in [2.24, 2.45) is 0 Å². The van der Waals surface area contributed by atoms with Crippen LogP contribution < -0.4 is 4.90 Å². The molecule has 2 aromatic rings. The van der Waals surface area contributed by atoms with Crippen LogP contribution in [-0.4, -0.2) is 57.6 Å². The molecule has 0 bridgehead atoms. The molecule has 0 radical (unpaired) electrons. The maximum atomic E-state index is 12.8. The molecular formula is C21H20F3N3O4. The van der Waals surface area contributed by atoms with Crippen LogP contribution in [0.5, 0.6) is 0 Å². The molecule has 1 aromatic carbocycles. The van der Waals surface area contributed by atoms with Crippen molar-refractivity contribution < 1.29 is 32.7 Å². The van der Waals surface area contributed by atoms with Gasteiger partial charge in [0.1, 0.15) is 5.69 Å². The van der Waals surface area contributed by atoms with E-state index in [0.717, 1.165) is 18.5 Å². The molecular weight excluding hydrogens is 415 g/mol. The first-order valence-corrected chi connectivity index (χ1v) is 9.59. The number of benzene rings is 1. The highest BCUT2D eigenvalue weighted by molar-refractivity contribution is 5.97. The highest BCUT2D eigenvalue weighted by atomic mass is 19.4. The number of aromatic nitrogens is 1. The summed E-state index contributed by atoms with van der Waals surface area (Å²) in [5.74, 6) is -2.65. The maximum Gasteiger partial charge on any atom is 0.490 e. The zero-order valence-corrected chi connectivity index (χ0v) is 16.3. The summed E-state index contributed by atoms with van der Waals surface area (Å²) in [7, 11) is 0. The Kier molecular flexibility index (Phi) is 6.57. The number of nitrogens with zero attached hydrogens (tertiary/aromatic N) is 3. The van der Waals surface area contributed by atoms with Gasteiger partial charge in [-0.25, -0.2) is 4.79 Å². The van der Waals surface area contributed by atoms with Crippen LogP contribution in [0.25, 0.3) is 0 Å². The van der Waals surface area contributed by atoms with E-state index in [1.807, 2.05) is 46.2 Å². The zero-order valence-electron chi connectivity index (χ0n) is 16.3. The Labute approximate surface area is 176 Å². The summed E-state index contributed by atoms with van der Waals surface area (Å²) in [6.07, 6.45) is -1.43. The summed E-state index contributed by atoms with van der Waals surface area (Å²) < 4.78 is 31.7. The molecule has 2 aliphatic heterocycles. The number of carbonyl (C=O) groups is 3. The first-order valence-electron chi connectivity index (χ1n) is 9.59. The smallest absolute Gasteiger partial charge is 0.475 e. The molecule has 0 saturated carbocycles. The van der Waals surface area contributed by atoms with Gasteiger partial charge in [0, 0.05) is 24.8 Å². The minimum atomic E-state index is -5.08. The van der Waals surface area contributed by atoms with E-state index in [4.69, 9.17) is 9.90 Å². The van der Waals surface area contributed by atoms with Crippen molar-refractivity contribution in [1.29, 1.82) is 0 Å². The van der Waals surface area contributed by atoms with Crippen LogP contribution in [0, 0.1) is 0 Å². The molecule has 0 spiro atoms. The molecule has 0 unspecified atom stereocenters. The predicted molar refractivity (Wildman–Crippen MR) is 104 cm³/mol. The minimum absolute atomic E-state index is 0.0366. The summed E-state index contributed by atoms with van der Waals surface area (Å²) in [5.41, 5.74) is 1.39. The number of para-hydroxylation sites is 1. The number of amides is 2. The number of carboxylic acid groups (broad SMARTS) is 1. The molecule has 2 atom stereocenters. The summed E-state index contributed by atoms with van der Waals surface area (Å²) >= 11 is 0. The van der Waals surface area contributed by atoms with Gasteiger partial charge in [-0.3, -0.25) is 14.6 Å². The number of fused-ring (bicyclic) bond motifs is 1. The molecule has 31 heavy (non-hydrogen) atoms. The SMILES string of the molecule is O=C(O)C(F)(F)F.O=C(c1ccccn1)N1CC[C@H]2[C@@H]1CCC(=O)N2c1ccccc1. The Morgan fingerprint density at radius 1 is 1.00 bits per heavy atom. The lowest BCUT2D eigenvalue weighted by Gasteiger charge is -2.39. The molecule has 2 saturated heterocycles. The first-order chi connectivity index (χ1) is 14.7. The molecule has 2 amide bonds. The van der Waals surface area contributed by atoms with E-state index in [1.165, 1.54) is 0 Å². The quantitative estimate of drug-likeness (QED) is 0.783. The van der Waals surface area contributed by atoms with Crippen LogP contribution in [0.15, 0.2) is 54.7 Å². The van der Waals surface area contributed by atoms with Crippen LogP contribution in [0.1, 0.15) is 29.8 Å². The van der Waals surface area contributed by atoms with Gasteiger partial charge in [0.15, 0.2) is 0 Å². The second kappa shape index (κ2) is 9.15. The second-order valence-electron chi connectivity index (χ2n) is 7.08. The van der Waals surface area contributed by atoms with Crippen LogP contribution in [-0.2, 0) is 9.59 Å². The first kappa shape index (κ1) is 22.3. The monoisotopic (exact) mass is 435 g/mol. The van der Waals surface area contributed by atoms with Crippen molar-refractivity contribution in [3.8, 4) is 0 Å². The number of carbonyl (C=O) groups excluding carboxylic acids is 2. The predicted octanol–water partition coefficient (Wildman–Crippen LogP) is 3.13. The summed E-state index contributed by atoms with van der Waals surface area (Å²) in [6.45, 7) is 0.668. The van der Waals surface area contributed by atoms with E-state index >= 15 is 0 Å². The van der Waals surface area contributed by atoms with Gasteiger partial charge in [-0.05, 0) is 37.1 Å². The number of pyridine rings is 1. The van der Waals surface area contributed by atoms with Gasteiger partial charge in [-0.15, -0.1) is 0 Å². The van der Waals surface area contributed by atoms with Crippen molar-refractivity contribution in [3.05, 3.63) is 60.4 Å². The van der Waals surface area contributed by atoms with E-state index < -0.39 is 12.1 Å². The van der Waals surface area contributed by atoms with E-state index in [2.05, 4.69) is 4.98 Å². The number of piperidine rings is 1. The van der Waals surface area contributed by atoms with Crippen LogP contribution in [0.2, 0.25) is 0 Å². The topological polar surface area (TPSA) is 90.8 Å². The highest BCUT2D eigenvalue weighted by Crippen LogP contribution is 2.35. The second-order valence-corrected chi connectivity index (χ2v) is 7.08. The fourth-order valence-corrected chi connectivity index (χ4v) is 3.88. The molecule has 2 fully saturated rings. The number of hydrogen-bond acceptors (Lipinski definition) is 4. The fraction of sp³-hybridized carbons (Fsp3) is 0.333. The molecule has 0 aliphatic carbocycles. The van der Waals surface area contributed by atoms with Gasteiger partial charge in [-0.1, -0.05) is 24.3 Å². The average Bonchev–Trinajstić information content (AvgIpc) is 3.18. The Balaban J connectivity index is 0.000000339. The third-order valence-corrected chi connectivity index (χ3v) is 5.19. The van der Waals surface area contributed by atoms with Crippen molar-refractivity contribution >= 4 is 23.5 Å². The maximum absolute atomic E-state index is 12.8. The number of halogens is 3.